The van der Waals surface area contributed by atoms with E-state index in [1.807, 2.05) is 0 Å². The minimum atomic E-state index is -1.53. The molecule has 0 bridgehead atoms. The minimum Gasteiger partial charge on any atom is -0.481 e. The lowest BCUT2D eigenvalue weighted by molar-refractivity contribution is 0.145. The van der Waals surface area contributed by atoms with Gasteiger partial charge in [0.1, 0.15) is 0 Å². The van der Waals surface area contributed by atoms with E-state index in [1.165, 1.54) is 40.6 Å². The van der Waals surface area contributed by atoms with Crippen molar-refractivity contribution in [2.75, 3.05) is 28.4 Å². The number of nitrogens with zero attached hydrogens (tertiary/aromatic N) is 4. The van der Waals surface area contributed by atoms with Crippen molar-refractivity contribution in [3.05, 3.63) is 30.3 Å². The monoisotopic (exact) mass is 414 g/mol. The number of benzene rings is 1. The van der Waals surface area contributed by atoms with Gasteiger partial charge >= 0.3 is 6.16 Å². The molecule has 0 aliphatic carbocycles. The first-order chi connectivity index (χ1) is 14.5. The van der Waals surface area contributed by atoms with Crippen LogP contribution in [-0.4, -0.2) is 59.6 Å². The van der Waals surface area contributed by atoms with Crippen LogP contribution in [0.1, 0.15) is 0 Å². The Kier molecular flexibility index (Phi) is 6.11. The second-order valence-electron chi connectivity index (χ2n) is 5.60. The average molecular weight is 414 g/mol. The van der Waals surface area contributed by atoms with E-state index in [1.54, 1.807) is 18.2 Å². The van der Waals surface area contributed by atoms with Crippen molar-refractivity contribution in [2.45, 2.75) is 0 Å². The number of methoxy groups -OCH3 is 4. The van der Waals surface area contributed by atoms with Crippen LogP contribution >= 0.6 is 0 Å². The first-order valence-corrected chi connectivity index (χ1v) is 8.47. The van der Waals surface area contributed by atoms with Gasteiger partial charge in [-0.1, -0.05) is 6.07 Å². The summed E-state index contributed by atoms with van der Waals surface area (Å²) in [6.07, 6.45) is -1.53. The van der Waals surface area contributed by atoms with E-state index in [-0.39, 0.29) is 52.0 Å². The summed E-state index contributed by atoms with van der Waals surface area (Å²) in [4.78, 5) is 28.5. The fourth-order valence-electron chi connectivity index (χ4n) is 2.55. The third-order valence-corrected chi connectivity index (χ3v) is 3.88. The zero-order valence-electron chi connectivity index (χ0n) is 16.6. The molecule has 0 unspecified atom stereocenters. The van der Waals surface area contributed by atoms with E-state index >= 15 is 0 Å². The fraction of sp³-hybridized carbons (Fsp3) is 0.211. The van der Waals surface area contributed by atoms with E-state index in [9.17, 15) is 9.90 Å². The first kappa shape index (κ1) is 20.6. The Bertz CT molecular complexity index is 956. The Morgan fingerprint density at radius 1 is 0.733 bits per heavy atom. The highest BCUT2D eigenvalue weighted by Crippen LogP contribution is 2.38. The molecular formula is C19H18N4O7. The van der Waals surface area contributed by atoms with E-state index in [0.717, 1.165) is 0 Å². The Hall–Kier alpha value is -4.15. The number of hydrogen-bond donors (Lipinski definition) is 1. The Labute approximate surface area is 171 Å². The number of carboxylic acid groups (broad SMARTS) is 1. The summed E-state index contributed by atoms with van der Waals surface area (Å²) in [5, 5.41) is 9.31. The number of hydrogen-bond acceptors (Lipinski definition) is 10. The maximum Gasteiger partial charge on any atom is 0.511 e. The van der Waals surface area contributed by atoms with Crippen LogP contribution in [0.4, 0.5) is 4.79 Å². The molecule has 11 nitrogen and oxygen atoms in total. The van der Waals surface area contributed by atoms with Crippen LogP contribution in [0.3, 0.4) is 0 Å². The first-order valence-electron chi connectivity index (χ1n) is 8.47. The smallest absolute Gasteiger partial charge is 0.481 e. The van der Waals surface area contributed by atoms with Crippen molar-refractivity contribution in [1.29, 1.82) is 0 Å². The average Bonchev–Trinajstić information content (AvgIpc) is 2.77. The van der Waals surface area contributed by atoms with Crippen molar-refractivity contribution in [3.8, 4) is 52.0 Å². The van der Waals surface area contributed by atoms with Crippen molar-refractivity contribution in [1.82, 2.24) is 19.9 Å². The third-order valence-electron chi connectivity index (χ3n) is 3.88. The molecule has 0 atom stereocenters. The lowest BCUT2D eigenvalue weighted by Crippen LogP contribution is -2.08. The van der Waals surface area contributed by atoms with Gasteiger partial charge in [0, 0.05) is 0 Å². The van der Waals surface area contributed by atoms with E-state index in [4.69, 9.17) is 23.7 Å². The standard InChI is InChI=1S/C19H18N4O7/c1-26-12-8-13(27-2)21-17(20-12)10-6-5-7-11(16(10)30-19(24)25)18-22-14(28-3)9-15(23-18)29-4/h5-9H,1-4H3,(H,24,25). The van der Waals surface area contributed by atoms with Gasteiger partial charge in [-0.15, -0.1) is 0 Å². The van der Waals surface area contributed by atoms with Crippen LogP contribution in [-0.2, 0) is 0 Å². The van der Waals surface area contributed by atoms with Crippen molar-refractivity contribution in [2.24, 2.45) is 0 Å². The molecule has 1 aromatic carbocycles. The zero-order valence-corrected chi connectivity index (χ0v) is 16.6. The fourth-order valence-corrected chi connectivity index (χ4v) is 2.55. The largest absolute Gasteiger partial charge is 0.511 e. The Balaban J connectivity index is 2.26. The number of rotatable bonds is 7. The maximum absolute atomic E-state index is 11.4. The van der Waals surface area contributed by atoms with Crippen LogP contribution in [0.2, 0.25) is 0 Å². The zero-order chi connectivity index (χ0) is 21.7. The number of para-hydroxylation sites is 1. The highest BCUT2D eigenvalue weighted by atomic mass is 16.7. The SMILES string of the molecule is COc1cc(OC)nc(-c2cccc(-c3nc(OC)cc(OC)n3)c2OC(=O)O)n1. The summed E-state index contributed by atoms with van der Waals surface area (Å²) in [6, 6.07) is 7.81. The molecule has 0 spiro atoms. The van der Waals surface area contributed by atoms with Crippen molar-refractivity contribution >= 4 is 6.16 Å². The molecule has 0 aliphatic rings. The lowest BCUT2D eigenvalue weighted by Gasteiger charge is -2.14. The van der Waals surface area contributed by atoms with Crippen LogP contribution in [0.25, 0.3) is 22.8 Å². The van der Waals surface area contributed by atoms with Crippen molar-refractivity contribution in [3.63, 3.8) is 0 Å². The summed E-state index contributed by atoms with van der Waals surface area (Å²) in [6.45, 7) is 0. The Morgan fingerprint density at radius 2 is 1.10 bits per heavy atom. The molecule has 2 aromatic heterocycles. The van der Waals surface area contributed by atoms with Crippen LogP contribution in [0.15, 0.2) is 30.3 Å². The summed E-state index contributed by atoms with van der Waals surface area (Å²) in [7, 11) is 5.75. The van der Waals surface area contributed by atoms with Gasteiger partial charge in [-0.2, -0.15) is 19.9 Å². The van der Waals surface area contributed by atoms with Gasteiger partial charge in [-0.25, -0.2) is 4.79 Å². The molecule has 3 aromatic rings. The van der Waals surface area contributed by atoms with Gasteiger partial charge < -0.3 is 28.8 Å². The Morgan fingerprint density at radius 3 is 1.40 bits per heavy atom. The predicted molar refractivity (Wildman–Crippen MR) is 103 cm³/mol. The van der Waals surface area contributed by atoms with Gasteiger partial charge in [0.25, 0.3) is 0 Å². The topological polar surface area (TPSA) is 135 Å². The highest BCUT2D eigenvalue weighted by molar-refractivity contribution is 5.81. The van der Waals surface area contributed by atoms with E-state index in [0.29, 0.717) is 0 Å². The second kappa shape index (κ2) is 8.90. The van der Waals surface area contributed by atoms with Crippen LogP contribution in [0.5, 0.6) is 29.3 Å². The molecule has 2 heterocycles. The highest BCUT2D eigenvalue weighted by Gasteiger charge is 2.22. The molecular weight excluding hydrogens is 396 g/mol. The van der Waals surface area contributed by atoms with Gasteiger partial charge in [0.05, 0.1) is 51.7 Å². The summed E-state index contributed by atoms with van der Waals surface area (Å²) >= 11 is 0. The molecule has 0 radical (unpaired) electrons. The van der Waals surface area contributed by atoms with Gasteiger partial charge in [-0.05, 0) is 12.1 Å². The van der Waals surface area contributed by atoms with Crippen LogP contribution in [0, 0.1) is 0 Å². The molecule has 3 rings (SSSR count). The van der Waals surface area contributed by atoms with Crippen LogP contribution < -0.4 is 23.7 Å². The number of aromatic nitrogens is 4. The molecule has 30 heavy (non-hydrogen) atoms. The van der Waals surface area contributed by atoms with E-state index < -0.39 is 6.16 Å². The van der Waals surface area contributed by atoms with Gasteiger partial charge in [0.15, 0.2) is 17.4 Å². The number of carbonyl (C=O) groups is 1. The third kappa shape index (κ3) is 4.29. The molecule has 1 N–H and O–H groups in total. The molecule has 0 fully saturated rings. The van der Waals surface area contributed by atoms with Gasteiger partial charge in [0.2, 0.25) is 23.5 Å². The predicted octanol–water partition coefficient (Wildman–Crippen LogP) is 2.69. The quantitative estimate of drug-likeness (QED) is 0.451. The molecule has 11 heteroatoms. The van der Waals surface area contributed by atoms with Crippen molar-refractivity contribution < 1.29 is 33.6 Å². The van der Waals surface area contributed by atoms with Gasteiger partial charge in [-0.3, -0.25) is 0 Å². The maximum atomic E-state index is 11.4. The minimum absolute atomic E-state index is 0.0735. The molecule has 0 saturated carbocycles. The summed E-state index contributed by atoms with van der Waals surface area (Å²) in [5.41, 5.74) is 0.523. The second-order valence-corrected chi connectivity index (χ2v) is 5.60. The normalized spacial score (nSPS) is 10.3. The molecule has 0 aliphatic heterocycles. The lowest BCUT2D eigenvalue weighted by atomic mass is 10.1. The summed E-state index contributed by atoms with van der Waals surface area (Å²) in [5.74, 6) is 1.07. The molecule has 0 amide bonds. The molecule has 156 valence electrons. The van der Waals surface area contributed by atoms with E-state index in [2.05, 4.69) is 19.9 Å². The number of ether oxygens (including phenoxy) is 5. The molecule has 0 saturated heterocycles. The summed E-state index contributed by atoms with van der Waals surface area (Å²) < 4.78 is 25.7.